The number of ether oxygens (including phenoxy) is 2. The first kappa shape index (κ1) is 20.8. The minimum atomic E-state index is -0.701. The summed E-state index contributed by atoms with van der Waals surface area (Å²) >= 11 is 11.7. The summed E-state index contributed by atoms with van der Waals surface area (Å²) in [5.74, 6) is -1.16. The number of carbonyl (C=O) groups excluding carboxylic acids is 2. The number of hydrogen-bond acceptors (Lipinski definition) is 4. The first-order chi connectivity index (χ1) is 13.9. The monoisotopic (exact) mass is 432 g/mol. The summed E-state index contributed by atoms with van der Waals surface area (Å²) in [6.07, 6.45) is 0. The highest BCUT2D eigenvalue weighted by molar-refractivity contribution is 6.42. The zero-order chi connectivity index (χ0) is 20.8. The maximum Gasteiger partial charge on any atom is 0.342 e. The number of halogens is 3. The number of para-hydroxylation sites is 1. The van der Waals surface area contributed by atoms with Crippen molar-refractivity contribution in [2.45, 2.75) is 6.61 Å². The smallest absolute Gasteiger partial charge is 0.342 e. The second kappa shape index (κ2) is 9.54. The van der Waals surface area contributed by atoms with Crippen molar-refractivity contribution >= 4 is 35.0 Å². The molecule has 0 fully saturated rings. The van der Waals surface area contributed by atoms with Crippen LogP contribution in [0, 0.1) is 5.82 Å². The van der Waals surface area contributed by atoms with Crippen LogP contribution < -0.4 is 4.74 Å². The first-order valence-electron chi connectivity index (χ1n) is 8.55. The Bertz CT molecular complexity index is 1040. The molecule has 0 aliphatic rings. The van der Waals surface area contributed by atoms with E-state index in [4.69, 9.17) is 32.7 Å². The fourth-order valence-corrected chi connectivity index (χ4v) is 2.76. The molecule has 148 valence electrons. The van der Waals surface area contributed by atoms with Gasteiger partial charge in [0.25, 0.3) is 0 Å². The van der Waals surface area contributed by atoms with E-state index in [0.29, 0.717) is 10.8 Å². The van der Waals surface area contributed by atoms with E-state index in [2.05, 4.69) is 0 Å². The average molecular weight is 433 g/mol. The summed E-state index contributed by atoms with van der Waals surface area (Å²) in [5, 5.41) is 0.566. The van der Waals surface area contributed by atoms with Crippen LogP contribution in [0.1, 0.15) is 26.3 Å². The highest BCUT2D eigenvalue weighted by Crippen LogP contribution is 2.23. The topological polar surface area (TPSA) is 52.6 Å². The Morgan fingerprint density at radius 3 is 2.34 bits per heavy atom. The maximum absolute atomic E-state index is 13.0. The van der Waals surface area contributed by atoms with Gasteiger partial charge in [0.05, 0.1) is 10.0 Å². The lowest BCUT2D eigenvalue weighted by molar-refractivity contribution is 0.0470. The number of esters is 1. The van der Waals surface area contributed by atoms with Crippen molar-refractivity contribution in [2.75, 3.05) is 6.61 Å². The minimum absolute atomic E-state index is 0.146. The number of rotatable bonds is 7. The summed E-state index contributed by atoms with van der Waals surface area (Å²) < 4.78 is 23.8. The number of Topliss-reactive ketones (excluding diaryl/α,β-unsaturated/α-hetero) is 1. The Morgan fingerprint density at radius 1 is 0.897 bits per heavy atom. The molecule has 0 aliphatic carbocycles. The average Bonchev–Trinajstić information content (AvgIpc) is 2.73. The van der Waals surface area contributed by atoms with Crippen molar-refractivity contribution < 1.29 is 23.5 Å². The number of benzene rings is 3. The Hall–Kier alpha value is -2.89. The van der Waals surface area contributed by atoms with Gasteiger partial charge in [-0.1, -0.05) is 47.5 Å². The van der Waals surface area contributed by atoms with Gasteiger partial charge in [-0.05, 0) is 48.0 Å². The van der Waals surface area contributed by atoms with Gasteiger partial charge in [0, 0.05) is 5.56 Å². The largest absolute Gasteiger partial charge is 0.488 e. The normalized spacial score (nSPS) is 10.4. The molecule has 0 aromatic heterocycles. The van der Waals surface area contributed by atoms with Gasteiger partial charge in [-0.25, -0.2) is 9.18 Å². The van der Waals surface area contributed by atoms with Crippen LogP contribution in [0.25, 0.3) is 0 Å². The van der Waals surface area contributed by atoms with Gasteiger partial charge in [-0.2, -0.15) is 0 Å². The predicted octanol–water partition coefficient (Wildman–Crippen LogP) is 5.75. The lowest BCUT2D eigenvalue weighted by Crippen LogP contribution is -2.15. The Labute approximate surface area is 176 Å². The van der Waals surface area contributed by atoms with E-state index in [1.54, 1.807) is 30.3 Å². The molecular weight excluding hydrogens is 418 g/mol. The molecule has 0 unspecified atom stereocenters. The summed E-state index contributed by atoms with van der Waals surface area (Å²) in [6, 6.07) is 16.8. The molecule has 0 spiro atoms. The second-order valence-electron chi connectivity index (χ2n) is 6.04. The standard InChI is InChI=1S/C22H15Cl2FO4/c23-18-10-7-15(11-19(18)24)20(26)13-29-22(27)17-3-1-2-4-21(17)28-12-14-5-8-16(25)9-6-14/h1-11H,12-13H2. The molecule has 0 bridgehead atoms. The molecule has 0 atom stereocenters. The molecule has 3 aromatic carbocycles. The van der Waals surface area contributed by atoms with Gasteiger partial charge in [0.1, 0.15) is 23.7 Å². The molecule has 3 rings (SSSR count). The van der Waals surface area contributed by atoms with Crippen molar-refractivity contribution in [3.05, 3.63) is 99.3 Å². The quantitative estimate of drug-likeness (QED) is 0.352. The maximum atomic E-state index is 13.0. The molecule has 0 radical (unpaired) electrons. The predicted molar refractivity (Wildman–Crippen MR) is 108 cm³/mol. The number of carbonyl (C=O) groups is 2. The number of ketones is 1. The zero-order valence-corrected chi connectivity index (χ0v) is 16.5. The van der Waals surface area contributed by atoms with Gasteiger partial charge < -0.3 is 9.47 Å². The fraction of sp³-hybridized carbons (Fsp3) is 0.0909. The van der Waals surface area contributed by atoms with Crippen molar-refractivity contribution in [1.29, 1.82) is 0 Å². The van der Waals surface area contributed by atoms with Gasteiger partial charge in [0.2, 0.25) is 0 Å². The van der Waals surface area contributed by atoms with E-state index < -0.39 is 18.4 Å². The third-order valence-electron chi connectivity index (χ3n) is 3.99. The van der Waals surface area contributed by atoms with Crippen LogP contribution in [0.15, 0.2) is 66.7 Å². The third kappa shape index (κ3) is 5.56. The molecule has 0 heterocycles. The first-order valence-corrected chi connectivity index (χ1v) is 9.31. The van der Waals surface area contributed by atoms with Gasteiger partial charge in [-0.3, -0.25) is 4.79 Å². The van der Waals surface area contributed by atoms with Crippen LogP contribution in [-0.4, -0.2) is 18.4 Å². The molecule has 0 saturated heterocycles. The Kier molecular flexibility index (Phi) is 6.86. The molecule has 0 N–H and O–H groups in total. The summed E-state index contributed by atoms with van der Waals surface area (Å²) in [5.41, 5.74) is 1.20. The Morgan fingerprint density at radius 2 is 1.62 bits per heavy atom. The minimum Gasteiger partial charge on any atom is -0.488 e. The SMILES string of the molecule is O=C(COC(=O)c1ccccc1OCc1ccc(F)cc1)c1ccc(Cl)c(Cl)c1. The molecule has 0 aliphatic heterocycles. The fourth-order valence-electron chi connectivity index (χ4n) is 2.46. The summed E-state index contributed by atoms with van der Waals surface area (Å²) in [4.78, 5) is 24.7. The van der Waals surface area contributed by atoms with Crippen LogP contribution >= 0.6 is 23.2 Å². The van der Waals surface area contributed by atoms with Gasteiger partial charge in [-0.15, -0.1) is 0 Å². The lowest BCUT2D eigenvalue weighted by atomic mass is 10.1. The molecular formula is C22H15Cl2FO4. The molecule has 0 amide bonds. The third-order valence-corrected chi connectivity index (χ3v) is 4.73. The van der Waals surface area contributed by atoms with Crippen LogP contribution in [0.5, 0.6) is 5.75 Å². The Balaban J connectivity index is 1.63. The van der Waals surface area contributed by atoms with E-state index in [9.17, 15) is 14.0 Å². The summed E-state index contributed by atoms with van der Waals surface area (Å²) in [6.45, 7) is -0.310. The molecule has 29 heavy (non-hydrogen) atoms. The van der Waals surface area contributed by atoms with Crippen molar-refractivity contribution in [3.8, 4) is 5.75 Å². The molecule has 0 saturated carbocycles. The van der Waals surface area contributed by atoms with Gasteiger partial charge >= 0.3 is 5.97 Å². The van der Waals surface area contributed by atoms with Gasteiger partial charge in [0.15, 0.2) is 12.4 Å². The van der Waals surface area contributed by atoms with Crippen LogP contribution in [0.4, 0.5) is 4.39 Å². The van der Waals surface area contributed by atoms with Crippen LogP contribution in [0.3, 0.4) is 0 Å². The van der Waals surface area contributed by atoms with E-state index in [1.807, 2.05) is 0 Å². The molecule has 7 heteroatoms. The highest BCUT2D eigenvalue weighted by Gasteiger charge is 2.16. The highest BCUT2D eigenvalue weighted by atomic mass is 35.5. The van der Waals surface area contributed by atoms with E-state index in [-0.39, 0.29) is 28.6 Å². The van der Waals surface area contributed by atoms with Crippen LogP contribution in [-0.2, 0) is 11.3 Å². The van der Waals surface area contributed by atoms with Crippen LogP contribution in [0.2, 0.25) is 10.0 Å². The summed E-state index contributed by atoms with van der Waals surface area (Å²) in [7, 11) is 0. The van der Waals surface area contributed by atoms with Crippen molar-refractivity contribution in [2.24, 2.45) is 0 Å². The number of hydrogen-bond donors (Lipinski definition) is 0. The van der Waals surface area contributed by atoms with E-state index in [0.717, 1.165) is 5.56 Å². The van der Waals surface area contributed by atoms with Crippen molar-refractivity contribution in [1.82, 2.24) is 0 Å². The molecule has 4 nitrogen and oxygen atoms in total. The second-order valence-corrected chi connectivity index (χ2v) is 6.85. The van der Waals surface area contributed by atoms with E-state index in [1.165, 1.54) is 36.4 Å². The lowest BCUT2D eigenvalue weighted by Gasteiger charge is -2.11. The molecule has 3 aromatic rings. The van der Waals surface area contributed by atoms with E-state index >= 15 is 0 Å². The zero-order valence-electron chi connectivity index (χ0n) is 15.0. The van der Waals surface area contributed by atoms with Crippen molar-refractivity contribution in [3.63, 3.8) is 0 Å².